The zero-order valence-corrected chi connectivity index (χ0v) is 8.21. The second-order valence-corrected chi connectivity index (χ2v) is 3.31. The minimum Gasteiger partial charge on any atom is -0.397 e. The van der Waals surface area contributed by atoms with E-state index in [-0.39, 0.29) is 0 Å². The first-order valence-corrected chi connectivity index (χ1v) is 4.42. The van der Waals surface area contributed by atoms with Gasteiger partial charge in [-0.05, 0) is 18.2 Å². The van der Waals surface area contributed by atoms with E-state index >= 15 is 0 Å². The van der Waals surface area contributed by atoms with Gasteiger partial charge in [0.2, 0.25) is 0 Å². The lowest BCUT2D eigenvalue weighted by Crippen LogP contribution is -2.24. The fourth-order valence-corrected chi connectivity index (χ4v) is 1.33. The molecule has 1 aromatic carbocycles. The molecule has 0 aliphatic rings. The van der Waals surface area contributed by atoms with E-state index in [0.29, 0.717) is 16.4 Å². The van der Waals surface area contributed by atoms with Crippen LogP contribution in [0.3, 0.4) is 0 Å². The van der Waals surface area contributed by atoms with Crippen LogP contribution < -0.4 is 17.1 Å². The summed E-state index contributed by atoms with van der Waals surface area (Å²) in [7, 11) is 0. The number of rotatable bonds is 1. The molecule has 2 aromatic rings. The van der Waals surface area contributed by atoms with Crippen molar-refractivity contribution in [1.29, 1.82) is 0 Å². The Morgan fingerprint density at radius 1 is 1.20 bits per heavy atom. The fraction of sp³-hybridized carbons (Fsp3) is 0. The molecule has 0 saturated heterocycles. The molecule has 1 aromatic heterocycles. The fourth-order valence-electron chi connectivity index (χ4n) is 1.22. The van der Waals surface area contributed by atoms with E-state index < -0.39 is 11.4 Å². The summed E-state index contributed by atoms with van der Waals surface area (Å²) in [6.45, 7) is 0. The maximum absolute atomic E-state index is 11.2. The summed E-state index contributed by atoms with van der Waals surface area (Å²) in [5, 5.41) is 4.71. The largest absolute Gasteiger partial charge is 0.397 e. The molecule has 0 fully saturated rings. The average Bonchev–Trinajstić information content (AvgIpc) is 2.52. The number of hydrogen-bond donors (Lipinski definition) is 3. The Morgan fingerprint density at radius 3 is 2.33 bits per heavy atom. The monoisotopic (exact) mass is 226 g/mol. The highest BCUT2D eigenvalue weighted by Gasteiger charge is 2.06. The van der Waals surface area contributed by atoms with Gasteiger partial charge in [-0.25, -0.2) is 24.4 Å². The molecule has 7 heteroatoms. The first-order valence-electron chi connectivity index (χ1n) is 4.04. The normalized spacial score (nSPS) is 10.5. The maximum Gasteiger partial charge on any atom is 0.348 e. The molecule has 2 rings (SSSR count). The summed E-state index contributed by atoms with van der Waals surface area (Å²) in [4.78, 5) is 22.5. The van der Waals surface area contributed by atoms with Gasteiger partial charge in [0.25, 0.3) is 0 Å². The van der Waals surface area contributed by atoms with Crippen LogP contribution in [0.2, 0.25) is 5.02 Å². The Labute approximate surface area is 88.3 Å². The highest BCUT2D eigenvalue weighted by Crippen LogP contribution is 2.20. The Kier molecular flexibility index (Phi) is 2.12. The quantitative estimate of drug-likeness (QED) is 0.601. The zero-order valence-electron chi connectivity index (χ0n) is 7.45. The number of hydrogen-bond acceptors (Lipinski definition) is 3. The van der Waals surface area contributed by atoms with Crippen molar-refractivity contribution in [3.05, 3.63) is 44.2 Å². The van der Waals surface area contributed by atoms with Crippen molar-refractivity contribution in [2.45, 2.75) is 0 Å². The third kappa shape index (κ3) is 1.55. The third-order valence-electron chi connectivity index (χ3n) is 1.92. The van der Waals surface area contributed by atoms with Gasteiger partial charge in [0.15, 0.2) is 0 Å². The molecular weight excluding hydrogens is 220 g/mol. The van der Waals surface area contributed by atoms with Gasteiger partial charge in [0.1, 0.15) is 0 Å². The first kappa shape index (κ1) is 9.60. The first-order chi connectivity index (χ1) is 7.09. The lowest BCUT2D eigenvalue weighted by Gasteiger charge is -2.01. The van der Waals surface area contributed by atoms with E-state index in [1.807, 2.05) is 0 Å². The van der Waals surface area contributed by atoms with Gasteiger partial charge in [-0.2, -0.15) is 0 Å². The Morgan fingerprint density at radius 2 is 1.80 bits per heavy atom. The van der Waals surface area contributed by atoms with E-state index in [4.69, 9.17) is 17.3 Å². The van der Waals surface area contributed by atoms with Crippen LogP contribution in [0.1, 0.15) is 0 Å². The number of benzene rings is 1. The van der Waals surface area contributed by atoms with Crippen molar-refractivity contribution < 1.29 is 0 Å². The van der Waals surface area contributed by atoms with Crippen LogP contribution >= 0.6 is 11.6 Å². The Bertz CT molecular complexity index is 582. The van der Waals surface area contributed by atoms with Gasteiger partial charge in [-0.15, -0.1) is 0 Å². The van der Waals surface area contributed by atoms with Crippen LogP contribution in [-0.2, 0) is 0 Å². The zero-order chi connectivity index (χ0) is 11.0. The van der Waals surface area contributed by atoms with Crippen molar-refractivity contribution in [2.24, 2.45) is 0 Å². The number of nitrogens with zero attached hydrogens (tertiary/aromatic N) is 1. The van der Waals surface area contributed by atoms with Gasteiger partial charge in [0.05, 0.1) is 16.4 Å². The third-order valence-corrected chi connectivity index (χ3v) is 2.26. The minimum atomic E-state index is -0.554. The topological polar surface area (TPSA) is 96.7 Å². The van der Waals surface area contributed by atoms with Crippen LogP contribution in [0.5, 0.6) is 0 Å². The Hall–Kier alpha value is -1.95. The summed E-state index contributed by atoms with van der Waals surface area (Å²) in [5.74, 6) is 0. The molecule has 0 spiro atoms. The van der Waals surface area contributed by atoms with E-state index in [9.17, 15) is 9.59 Å². The lowest BCUT2D eigenvalue weighted by molar-refractivity contribution is 0.952. The molecule has 0 aliphatic carbocycles. The molecule has 0 amide bonds. The number of halogens is 1. The van der Waals surface area contributed by atoms with E-state index in [2.05, 4.69) is 10.2 Å². The molecule has 0 bridgehead atoms. The summed E-state index contributed by atoms with van der Waals surface area (Å²) < 4.78 is 0.923. The molecule has 15 heavy (non-hydrogen) atoms. The number of H-pyrrole nitrogens is 2. The van der Waals surface area contributed by atoms with Crippen LogP contribution in [-0.4, -0.2) is 14.8 Å². The second-order valence-electron chi connectivity index (χ2n) is 2.90. The highest BCUT2D eigenvalue weighted by atomic mass is 35.5. The highest BCUT2D eigenvalue weighted by molar-refractivity contribution is 6.33. The second kappa shape index (κ2) is 3.32. The van der Waals surface area contributed by atoms with Crippen molar-refractivity contribution in [1.82, 2.24) is 14.8 Å². The molecule has 6 nitrogen and oxygen atoms in total. The SMILES string of the molecule is Nc1cc(-n2c(=O)[nH][nH]c2=O)ccc1Cl. The molecule has 0 saturated carbocycles. The summed E-state index contributed by atoms with van der Waals surface area (Å²) in [6, 6.07) is 4.50. The molecule has 0 aliphatic heterocycles. The molecule has 1 heterocycles. The maximum atomic E-state index is 11.2. The van der Waals surface area contributed by atoms with Gasteiger partial charge in [0, 0.05) is 0 Å². The van der Waals surface area contributed by atoms with E-state index in [1.165, 1.54) is 18.2 Å². The molecule has 4 N–H and O–H groups in total. The number of aromatic amines is 2. The van der Waals surface area contributed by atoms with Gasteiger partial charge in [-0.1, -0.05) is 11.6 Å². The number of nitrogen functional groups attached to an aromatic ring is 1. The molecule has 78 valence electrons. The number of nitrogens with two attached hydrogens (primary N) is 1. The van der Waals surface area contributed by atoms with Crippen molar-refractivity contribution >= 4 is 17.3 Å². The van der Waals surface area contributed by atoms with Crippen molar-refractivity contribution in [3.63, 3.8) is 0 Å². The van der Waals surface area contributed by atoms with Gasteiger partial charge < -0.3 is 5.73 Å². The van der Waals surface area contributed by atoms with Crippen LogP contribution in [0.15, 0.2) is 27.8 Å². The smallest absolute Gasteiger partial charge is 0.348 e. The predicted octanol–water partition coefficient (Wildman–Crippen LogP) is 0.0895. The standard InChI is InChI=1S/C8H7ClN4O2/c9-5-2-1-4(3-6(5)10)13-7(14)11-12-8(13)15/h1-3H,10H2,(H,11,14)(H,12,15). The van der Waals surface area contributed by atoms with Crippen molar-refractivity contribution in [3.8, 4) is 5.69 Å². The summed E-state index contributed by atoms with van der Waals surface area (Å²) in [5.41, 5.74) is 5.12. The van der Waals surface area contributed by atoms with Crippen molar-refractivity contribution in [2.75, 3.05) is 5.73 Å². The van der Waals surface area contributed by atoms with Crippen LogP contribution in [0.25, 0.3) is 5.69 Å². The number of anilines is 1. The predicted molar refractivity (Wildman–Crippen MR) is 56.4 cm³/mol. The number of nitrogens with one attached hydrogen (secondary N) is 2. The molecular formula is C8H7ClN4O2. The lowest BCUT2D eigenvalue weighted by atomic mass is 10.3. The van der Waals surface area contributed by atoms with Crippen LogP contribution in [0, 0.1) is 0 Å². The van der Waals surface area contributed by atoms with Gasteiger partial charge >= 0.3 is 11.4 Å². The molecule has 0 unspecified atom stereocenters. The average molecular weight is 227 g/mol. The minimum absolute atomic E-state index is 0.307. The number of aromatic nitrogens is 3. The van der Waals surface area contributed by atoms with Crippen LogP contribution in [0.4, 0.5) is 5.69 Å². The molecule has 0 atom stereocenters. The summed E-state index contributed by atoms with van der Waals surface area (Å²) in [6.07, 6.45) is 0. The summed E-state index contributed by atoms with van der Waals surface area (Å²) >= 11 is 5.72. The van der Waals surface area contributed by atoms with E-state index in [1.54, 1.807) is 0 Å². The molecule has 0 radical (unpaired) electrons. The van der Waals surface area contributed by atoms with E-state index in [0.717, 1.165) is 4.57 Å². The van der Waals surface area contributed by atoms with Gasteiger partial charge in [-0.3, -0.25) is 0 Å². The Balaban J connectivity index is 2.70.